The van der Waals surface area contributed by atoms with Crippen molar-refractivity contribution in [3.05, 3.63) is 36.5 Å². The smallest absolute Gasteiger partial charge is 0.0703 e. The Balaban J connectivity index is 2.32. The van der Waals surface area contributed by atoms with Gasteiger partial charge in [-0.15, -0.1) is 0 Å². The van der Waals surface area contributed by atoms with Gasteiger partial charge in [-0.2, -0.15) is 0 Å². The van der Waals surface area contributed by atoms with Gasteiger partial charge in [-0.3, -0.25) is 4.98 Å². The molecule has 0 saturated carbocycles. The zero-order valence-corrected chi connectivity index (χ0v) is 8.33. The Hall–Kier alpha value is -1.57. The van der Waals surface area contributed by atoms with Gasteiger partial charge in [-0.1, -0.05) is 25.1 Å². The molecule has 2 rings (SSSR count). The molecule has 1 N–H and O–H groups in total. The van der Waals surface area contributed by atoms with Crippen molar-refractivity contribution in [3.8, 4) is 0 Å². The van der Waals surface area contributed by atoms with Crippen molar-refractivity contribution in [2.24, 2.45) is 0 Å². The molecular formula is C12H14N2. The molecule has 1 aromatic heterocycles. The molecule has 2 heteroatoms. The lowest BCUT2D eigenvalue weighted by Crippen LogP contribution is -1.99. The number of nitrogens with one attached hydrogen (secondary N) is 1. The molecule has 0 fully saturated rings. The van der Waals surface area contributed by atoms with Crippen LogP contribution in [0.4, 0.5) is 5.69 Å². The largest absolute Gasteiger partial charge is 0.384 e. The van der Waals surface area contributed by atoms with E-state index in [0.29, 0.717) is 0 Å². The van der Waals surface area contributed by atoms with Crippen molar-refractivity contribution >= 4 is 16.6 Å². The van der Waals surface area contributed by atoms with Crippen LogP contribution in [0.3, 0.4) is 0 Å². The standard InChI is InChI=1S/C12H14N2/c1-2-7-13-11-8-10-5-3-4-6-12(10)14-9-11/h3-6,8-9,13H,2,7H2,1H3. The first-order valence-electron chi connectivity index (χ1n) is 4.99. The summed E-state index contributed by atoms with van der Waals surface area (Å²) in [5.41, 5.74) is 2.15. The second-order valence-electron chi connectivity index (χ2n) is 3.34. The Morgan fingerprint density at radius 3 is 3.00 bits per heavy atom. The summed E-state index contributed by atoms with van der Waals surface area (Å²) in [5.74, 6) is 0. The van der Waals surface area contributed by atoms with Gasteiger partial charge in [0.2, 0.25) is 0 Å². The van der Waals surface area contributed by atoms with Gasteiger partial charge < -0.3 is 5.32 Å². The summed E-state index contributed by atoms with van der Waals surface area (Å²) in [6, 6.07) is 10.3. The molecule has 2 nitrogen and oxygen atoms in total. The molecule has 0 spiro atoms. The lowest BCUT2D eigenvalue weighted by molar-refractivity contribution is 0.978. The molecule has 14 heavy (non-hydrogen) atoms. The molecule has 72 valence electrons. The zero-order chi connectivity index (χ0) is 9.80. The summed E-state index contributed by atoms with van der Waals surface area (Å²) >= 11 is 0. The minimum absolute atomic E-state index is 1.00. The molecule has 0 aliphatic rings. The topological polar surface area (TPSA) is 24.9 Å². The van der Waals surface area contributed by atoms with Gasteiger partial charge in [0.05, 0.1) is 17.4 Å². The zero-order valence-electron chi connectivity index (χ0n) is 8.33. The number of fused-ring (bicyclic) bond motifs is 1. The molecule has 0 atom stereocenters. The van der Waals surface area contributed by atoms with Crippen molar-refractivity contribution in [2.45, 2.75) is 13.3 Å². The summed E-state index contributed by atoms with van der Waals surface area (Å²) in [5, 5.41) is 4.51. The van der Waals surface area contributed by atoms with Crippen LogP contribution in [0.1, 0.15) is 13.3 Å². The Morgan fingerprint density at radius 1 is 1.29 bits per heavy atom. The second-order valence-corrected chi connectivity index (χ2v) is 3.34. The summed E-state index contributed by atoms with van der Waals surface area (Å²) in [6.45, 7) is 3.15. The average molecular weight is 186 g/mol. The van der Waals surface area contributed by atoms with E-state index < -0.39 is 0 Å². The lowest BCUT2D eigenvalue weighted by Gasteiger charge is -2.04. The van der Waals surface area contributed by atoms with E-state index >= 15 is 0 Å². The molecule has 0 aliphatic heterocycles. The highest BCUT2D eigenvalue weighted by Crippen LogP contribution is 2.15. The molecule has 0 unspecified atom stereocenters. The van der Waals surface area contributed by atoms with Crippen molar-refractivity contribution < 1.29 is 0 Å². The summed E-state index contributed by atoms with van der Waals surface area (Å²) in [7, 11) is 0. The van der Waals surface area contributed by atoms with Crippen LogP contribution in [0.2, 0.25) is 0 Å². The van der Waals surface area contributed by atoms with E-state index in [1.54, 1.807) is 0 Å². The number of nitrogens with zero attached hydrogens (tertiary/aromatic N) is 1. The van der Waals surface area contributed by atoms with Gasteiger partial charge in [0, 0.05) is 11.9 Å². The van der Waals surface area contributed by atoms with E-state index in [1.807, 2.05) is 24.4 Å². The van der Waals surface area contributed by atoms with Crippen LogP contribution >= 0.6 is 0 Å². The number of hydrogen-bond donors (Lipinski definition) is 1. The molecular weight excluding hydrogens is 172 g/mol. The van der Waals surface area contributed by atoms with Crippen LogP contribution in [-0.2, 0) is 0 Å². The molecule has 0 bridgehead atoms. The summed E-state index contributed by atoms with van der Waals surface area (Å²) in [6.07, 6.45) is 3.02. The van der Waals surface area contributed by atoms with Crippen molar-refractivity contribution in [1.82, 2.24) is 4.98 Å². The molecule has 0 radical (unpaired) electrons. The monoisotopic (exact) mass is 186 g/mol. The first-order valence-corrected chi connectivity index (χ1v) is 4.99. The Morgan fingerprint density at radius 2 is 2.14 bits per heavy atom. The number of aromatic nitrogens is 1. The molecule has 0 aliphatic carbocycles. The Bertz CT molecular complexity index is 423. The third kappa shape index (κ3) is 1.84. The normalized spacial score (nSPS) is 10.4. The van der Waals surface area contributed by atoms with E-state index in [1.165, 1.54) is 5.39 Å². The van der Waals surface area contributed by atoms with Gasteiger partial charge in [0.15, 0.2) is 0 Å². The van der Waals surface area contributed by atoms with Crippen molar-refractivity contribution in [2.75, 3.05) is 11.9 Å². The van der Waals surface area contributed by atoms with Crippen LogP contribution < -0.4 is 5.32 Å². The van der Waals surface area contributed by atoms with Crippen LogP contribution in [0.5, 0.6) is 0 Å². The lowest BCUT2D eigenvalue weighted by atomic mass is 10.2. The fourth-order valence-corrected chi connectivity index (χ4v) is 1.44. The second kappa shape index (κ2) is 4.09. The number of hydrogen-bond acceptors (Lipinski definition) is 2. The third-order valence-corrected chi connectivity index (χ3v) is 2.17. The maximum absolute atomic E-state index is 4.37. The summed E-state index contributed by atoms with van der Waals surface area (Å²) < 4.78 is 0. The minimum atomic E-state index is 1.00. The van der Waals surface area contributed by atoms with Crippen LogP contribution in [-0.4, -0.2) is 11.5 Å². The van der Waals surface area contributed by atoms with Gasteiger partial charge in [-0.25, -0.2) is 0 Å². The van der Waals surface area contributed by atoms with Crippen molar-refractivity contribution in [1.29, 1.82) is 0 Å². The van der Waals surface area contributed by atoms with Gasteiger partial charge in [0.25, 0.3) is 0 Å². The van der Waals surface area contributed by atoms with Crippen LogP contribution in [0.15, 0.2) is 36.5 Å². The highest BCUT2D eigenvalue weighted by Gasteiger charge is 1.95. The minimum Gasteiger partial charge on any atom is -0.384 e. The SMILES string of the molecule is CCCNc1cnc2ccccc2c1. The number of anilines is 1. The number of benzene rings is 1. The number of para-hydroxylation sites is 1. The Labute approximate surface area is 84.0 Å². The fourth-order valence-electron chi connectivity index (χ4n) is 1.44. The van der Waals surface area contributed by atoms with Crippen LogP contribution in [0.25, 0.3) is 10.9 Å². The highest BCUT2D eigenvalue weighted by atomic mass is 14.9. The summed E-state index contributed by atoms with van der Waals surface area (Å²) in [4.78, 5) is 4.37. The van der Waals surface area contributed by atoms with Crippen molar-refractivity contribution in [3.63, 3.8) is 0 Å². The van der Waals surface area contributed by atoms with E-state index in [2.05, 4.69) is 29.4 Å². The van der Waals surface area contributed by atoms with E-state index in [-0.39, 0.29) is 0 Å². The molecule has 1 heterocycles. The average Bonchev–Trinajstić information content (AvgIpc) is 2.26. The third-order valence-electron chi connectivity index (χ3n) is 2.17. The quantitative estimate of drug-likeness (QED) is 0.796. The molecule has 2 aromatic rings. The van der Waals surface area contributed by atoms with E-state index in [0.717, 1.165) is 24.2 Å². The maximum Gasteiger partial charge on any atom is 0.0703 e. The predicted octanol–water partition coefficient (Wildman–Crippen LogP) is 3.06. The number of rotatable bonds is 3. The van der Waals surface area contributed by atoms with Gasteiger partial charge in [-0.05, 0) is 18.6 Å². The number of pyridine rings is 1. The molecule has 0 amide bonds. The van der Waals surface area contributed by atoms with Gasteiger partial charge >= 0.3 is 0 Å². The predicted molar refractivity (Wildman–Crippen MR) is 60.5 cm³/mol. The van der Waals surface area contributed by atoms with E-state index in [9.17, 15) is 0 Å². The van der Waals surface area contributed by atoms with Gasteiger partial charge in [0.1, 0.15) is 0 Å². The molecule has 1 aromatic carbocycles. The van der Waals surface area contributed by atoms with Crippen LogP contribution in [0, 0.1) is 0 Å². The first-order chi connectivity index (χ1) is 6.90. The maximum atomic E-state index is 4.37. The van der Waals surface area contributed by atoms with E-state index in [4.69, 9.17) is 0 Å². The highest BCUT2D eigenvalue weighted by molar-refractivity contribution is 5.81. The Kier molecular flexibility index (Phi) is 2.63. The molecule has 0 saturated heterocycles. The fraction of sp³-hybridized carbons (Fsp3) is 0.250. The first kappa shape index (κ1) is 9.00.